The Hall–Kier alpha value is -1.35. The van der Waals surface area contributed by atoms with Crippen molar-refractivity contribution in [1.82, 2.24) is 10.6 Å². The SMILES string of the molecule is CCCC1(CNCC(=O)NCc2ccccc2)CC1. The first-order valence-corrected chi connectivity index (χ1v) is 7.25. The maximum atomic E-state index is 11.7. The summed E-state index contributed by atoms with van der Waals surface area (Å²) >= 11 is 0. The van der Waals surface area contributed by atoms with Gasteiger partial charge in [-0.05, 0) is 30.2 Å². The van der Waals surface area contributed by atoms with E-state index in [1.807, 2.05) is 30.3 Å². The summed E-state index contributed by atoms with van der Waals surface area (Å²) in [6.07, 6.45) is 5.16. The number of amides is 1. The smallest absolute Gasteiger partial charge is 0.234 e. The topological polar surface area (TPSA) is 41.1 Å². The molecule has 1 amide bonds. The van der Waals surface area contributed by atoms with Gasteiger partial charge in [0.25, 0.3) is 0 Å². The van der Waals surface area contributed by atoms with Crippen molar-refractivity contribution in [3.63, 3.8) is 0 Å². The van der Waals surface area contributed by atoms with E-state index in [1.54, 1.807) is 0 Å². The minimum absolute atomic E-state index is 0.0798. The predicted octanol–water partition coefficient (Wildman–Crippen LogP) is 2.47. The van der Waals surface area contributed by atoms with Crippen LogP contribution in [0, 0.1) is 5.41 Å². The van der Waals surface area contributed by atoms with Crippen LogP contribution in [0.15, 0.2) is 30.3 Å². The molecule has 19 heavy (non-hydrogen) atoms. The molecule has 3 heteroatoms. The molecule has 3 nitrogen and oxygen atoms in total. The summed E-state index contributed by atoms with van der Waals surface area (Å²) < 4.78 is 0. The van der Waals surface area contributed by atoms with E-state index in [0.717, 1.165) is 12.1 Å². The summed E-state index contributed by atoms with van der Waals surface area (Å²) in [5.41, 5.74) is 1.65. The van der Waals surface area contributed by atoms with Gasteiger partial charge < -0.3 is 10.6 Å². The van der Waals surface area contributed by atoms with E-state index in [0.29, 0.717) is 18.5 Å². The van der Waals surface area contributed by atoms with Crippen LogP contribution in [0.1, 0.15) is 38.2 Å². The molecule has 2 rings (SSSR count). The van der Waals surface area contributed by atoms with E-state index in [2.05, 4.69) is 17.6 Å². The van der Waals surface area contributed by atoms with Gasteiger partial charge in [-0.1, -0.05) is 43.7 Å². The molecule has 1 saturated carbocycles. The van der Waals surface area contributed by atoms with Crippen LogP contribution in [-0.2, 0) is 11.3 Å². The highest BCUT2D eigenvalue weighted by Gasteiger charge is 2.40. The first-order chi connectivity index (χ1) is 9.24. The lowest BCUT2D eigenvalue weighted by atomic mass is 10.0. The van der Waals surface area contributed by atoms with Gasteiger partial charge in [0.05, 0.1) is 6.54 Å². The minimum Gasteiger partial charge on any atom is -0.351 e. The molecule has 104 valence electrons. The van der Waals surface area contributed by atoms with E-state index < -0.39 is 0 Å². The van der Waals surface area contributed by atoms with Gasteiger partial charge in [-0.3, -0.25) is 4.79 Å². The minimum atomic E-state index is 0.0798. The Morgan fingerprint density at radius 3 is 2.63 bits per heavy atom. The average molecular weight is 260 g/mol. The van der Waals surface area contributed by atoms with Gasteiger partial charge >= 0.3 is 0 Å². The Balaban J connectivity index is 1.60. The van der Waals surface area contributed by atoms with Gasteiger partial charge in [0.15, 0.2) is 0 Å². The fourth-order valence-electron chi connectivity index (χ4n) is 2.52. The van der Waals surface area contributed by atoms with E-state index >= 15 is 0 Å². The molecule has 1 aliphatic rings. The zero-order valence-electron chi connectivity index (χ0n) is 11.7. The van der Waals surface area contributed by atoms with E-state index in [1.165, 1.54) is 25.7 Å². The zero-order chi connectivity index (χ0) is 13.6. The Labute approximate surface area is 115 Å². The highest BCUT2D eigenvalue weighted by molar-refractivity contribution is 5.77. The molecule has 0 aliphatic heterocycles. The number of carbonyl (C=O) groups is 1. The molecule has 0 spiro atoms. The van der Waals surface area contributed by atoms with Crippen molar-refractivity contribution >= 4 is 5.91 Å². The molecule has 0 saturated heterocycles. The Morgan fingerprint density at radius 2 is 2.00 bits per heavy atom. The molecule has 0 radical (unpaired) electrons. The average Bonchev–Trinajstić information content (AvgIpc) is 3.18. The van der Waals surface area contributed by atoms with E-state index in [9.17, 15) is 4.79 Å². The van der Waals surface area contributed by atoms with Crippen LogP contribution in [0.4, 0.5) is 0 Å². The second kappa shape index (κ2) is 6.71. The monoisotopic (exact) mass is 260 g/mol. The van der Waals surface area contributed by atoms with Crippen LogP contribution in [0.25, 0.3) is 0 Å². The largest absolute Gasteiger partial charge is 0.351 e. The van der Waals surface area contributed by atoms with Crippen LogP contribution in [0.5, 0.6) is 0 Å². The van der Waals surface area contributed by atoms with Crippen molar-refractivity contribution in [3.05, 3.63) is 35.9 Å². The van der Waals surface area contributed by atoms with Gasteiger partial charge in [-0.2, -0.15) is 0 Å². The van der Waals surface area contributed by atoms with Crippen LogP contribution >= 0.6 is 0 Å². The highest BCUT2D eigenvalue weighted by Crippen LogP contribution is 2.48. The number of nitrogens with one attached hydrogen (secondary N) is 2. The number of carbonyl (C=O) groups excluding carboxylic acids is 1. The lowest BCUT2D eigenvalue weighted by Crippen LogP contribution is -2.36. The first-order valence-electron chi connectivity index (χ1n) is 7.25. The molecule has 1 aliphatic carbocycles. The van der Waals surface area contributed by atoms with Crippen molar-refractivity contribution in [1.29, 1.82) is 0 Å². The summed E-state index contributed by atoms with van der Waals surface area (Å²) in [6.45, 7) is 4.26. The van der Waals surface area contributed by atoms with Crippen molar-refractivity contribution in [3.8, 4) is 0 Å². The number of hydrogen-bond acceptors (Lipinski definition) is 2. The number of benzene rings is 1. The maximum Gasteiger partial charge on any atom is 0.234 e. The fraction of sp³-hybridized carbons (Fsp3) is 0.562. The van der Waals surface area contributed by atoms with Gasteiger partial charge in [0, 0.05) is 13.1 Å². The summed E-state index contributed by atoms with van der Waals surface area (Å²) in [7, 11) is 0. The van der Waals surface area contributed by atoms with Crippen molar-refractivity contribution in [2.45, 2.75) is 39.2 Å². The molecule has 0 unspecified atom stereocenters. The second-order valence-electron chi connectivity index (χ2n) is 5.62. The van der Waals surface area contributed by atoms with Crippen LogP contribution in [-0.4, -0.2) is 19.0 Å². The van der Waals surface area contributed by atoms with E-state index in [4.69, 9.17) is 0 Å². The van der Waals surface area contributed by atoms with Crippen LogP contribution < -0.4 is 10.6 Å². The molecule has 0 bridgehead atoms. The number of rotatable bonds is 8. The third-order valence-corrected chi connectivity index (χ3v) is 3.86. The highest BCUT2D eigenvalue weighted by atomic mass is 16.1. The van der Waals surface area contributed by atoms with Gasteiger partial charge in [0.1, 0.15) is 0 Å². The molecule has 1 aromatic rings. The Morgan fingerprint density at radius 1 is 1.26 bits per heavy atom. The standard InChI is InChI=1S/C16H24N2O/c1-2-8-16(9-10-16)13-17-12-15(19)18-11-14-6-4-3-5-7-14/h3-7,17H,2,8-13H2,1H3,(H,18,19). The normalized spacial score (nSPS) is 16.1. The molecular formula is C16H24N2O. The summed E-state index contributed by atoms with van der Waals surface area (Å²) in [6, 6.07) is 10.0. The molecule has 1 aromatic carbocycles. The molecule has 1 fully saturated rings. The van der Waals surface area contributed by atoms with Gasteiger partial charge in [-0.15, -0.1) is 0 Å². The Kier molecular flexibility index (Phi) is 4.97. The van der Waals surface area contributed by atoms with Crippen molar-refractivity contribution in [2.75, 3.05) is 13.1 Å². The van der Waals surface area contributed by atoms with Gasteiger partial charge in [-0.25, -0.2) is 0 Å². The molecule has 0 atom stereocenters. The fourth-order valence-corrected chi connectivity index (χ4v) is 2.52. The molecule has 2 N–H and O–H groups in total. The maximum absolute atomic E-state index is 11.7. The lowest BCUT2D eigenvalue weighted by molar-refractivity contribution is -0.120. The van der Waals surface area contributed by atoms with E-state index in [-0.39, 0.29) is 5.91 Å². The third-order valence-electron chi connectivity index (χ3n) is 3.86. The summed E-state index contributed by atoms with van der Waals surface area (Å²) in [5.74, 6) is 0.0798. The van der Waals surface area contributed by atoms with Gasteiger partial charge in [0.2, 0.25) is 5.91 Å². The Bertz CT molecular complexity index is 398. The van der Waals surface area contributed by atoms with Crippen molar-refractivity contribution < 1.29 is 4.79 Å². The molecule has 0 aromatic heterocycles. The first kappa shape index (κ1) is 14.1. The molecule has 0 heterocycles. The third kappa shape index (κ3) is 4.67. The second-order valence-corrected chi connectivity index (χ2v) is 5.62. The van der Waals surface area contributed by atoms with Crippen LogP contribution in [0.3, 0.4) is 0 Å². The quantitative estimate of drug-likeness (QED) is 0.754. The summed E-state index contributed by atoms with van der Waals surface area (Å²) in [4.78, 5) is 11.7. The summed E-state index contributed by atoms with van der Waals surface area (Å²) in [5, 5.41) is 6.23. The van der Waals surface area contributed by atoms with Crippen molar-refractivity contribution in [2.24, 2.45) is 5.41 Å². The number of hydrogen-bond donors (Lipinski definition) is 2. The zero-order valence-corrected chi connectivity index (χ0v) is 11.7. The van der Waals surface area contributed by atoms with Crippen LogP contribution in [0.2, 0.25) is 0 Å². The lowest BCUT2D eigenvalue weighted by Gasteiger charge is -2.14. The predicted molar refractivity (Wildman–Crippen MR) is 77.7 cm³/mol. The molecular weight excluding hydrogens is 236 g/mol.